The molecule has 21 heavy (non-hydrogen) atoms. The Balaban J connectivity index is 1.77. The van der Waals surface area contributed by atoms with Crippen LogP contribution in [0.2, 0.25) is 0 Å². The van der Waals surface area contributed by atoms with E-state index in [0.29, 0.717) is 18.3 Å². The lowest BCUT2D eigenvalue weighted by Crippen LogP contribution is -2.12. The number of rotatable bonds is 4. The summed E-state index contributed by atoms with van der Waals surface area (Å²) in [5.74, 6) is 0.701. The number of benzene rings is 2. The molecule has 0 aliphatic carbocycles. The van der Waals surface area contributed by atoms with Crippen LogP contribution in [0.5, 0.6) is 5.75 Å². The van der Waals surface area contributed by atoms with E-state index >= 15 is 0 Å². The molecule has 0 fully saturated rings. The van der Waals surface area contributed by atoms with Gasteiger partial charge in [0.05, 0.1) is 6.61 Å². The maximum atomic E-state index is 11.2. The van der Waals surface area contributed by atoms with Crippen molar-refractivity contribution in [3.05, 3.63) is 58.1 Å². The Hall–Kier alpha value is -1.46. The molecule has 0 amide bonds. The third-order valence-electron chi connectivity index (χ3n) is 3.41. The average molecular weight is 365 g/mol. The van der Waals surface area contributed by atoms with Crippen molar-refractivity contribution in [2.24, 2.45) is 0 Å². The summed E-state index contributed by atoms with van der Waals surface area (Å²) in [5.41, 5.74) is 1.48. The number of ether oxygens (including phenoxy) is 1. The highest BCUT2D eigenvalue weighted by atomic mass is 79.9. The molecule has 0 bridgehead atoms. The molecule has 2 aromatic carbocycles. The van der Waals surface area contributed by atoms with Crippen molar-refractivity contribution >= 4 is 33.7 Å². The molecule has 0 saturated heterocycles. The van der Waals surface area contributed by atoms with Gasteiger partial charge in [0.2, 0.25) is 0 Å². The molecule has 3 rings (SSSR count). The third kappa shape index (κ3) is 3.09. The number of carboxylic acids is 1. The van der Waals surface area contributed by atoms with Gasteiger partial charge in [-0.2, -0.15) is 0 Å². The molecule has 1 aliphatic rings. The van der Waals surface area contributed by atoms with Gasteiger partial charge in [-0.25, -0.2) is 4.79 Å². The van der Waals surface area contributed by atoms with E-state index in [-0.39, 0.29) is 5.56 Å². The molecule has 5 heteroatoms. The molecule has 1 aliphatic heterocycles. The standard InChI is InChI=1S/C16H13BrO3S/c17-11-5-6-13(16(18)19)14(7-11)20-8-10-9-21-15-4-2-1-3-12(10)15/h1-7,10H,8-9H2,(H,18,19). The first kappa shape index (κ1) is 14.5. The van der Waals surface area contributed by atoms with Crippen molar-refractivity contribution in [3.8, 4) is 5.75 Å². The van der Waals surface area contributed by atoms with Crippen molar-refractivity contribution < 1.29 is 14.6 Å². The van der Waals surface area contributed by atoms with Crippen LogP contribution in [-0.2, 0) is 0 Å². The van der Waals surface area contributed by atoms with Crippen LogP contribution >= 0.6 is 27.7 Å². The first-order chi connectivity index (χ1) is 10.1. The summed E-state index contributed by atoms with van der Waals surface area (Å²) >= 11 is 5.17. The molecule has 0 aromatic heterocycles. The molecule has 1 heterocycles. The lowest BCUT2D eigenvalue weighted by molar-refractivity contribution is 0.0692. The van der Waals surface area contributed by atoms with E-state index in [1.165, 1.54) is 10.5 Å². The Morgan fingerprint density at radius 3 is 2.95 bits per heavy atom. The number of aromatic carboxylic acids is 1. The van der Waals surface area contributed by atoms with E-state index in [0.717, 1.165) is 10.2 Å². The van der Waals surface area contributed by atoms with Gasteiger partial charge in [-0.15, -0.1) is 11.8 Å². The number of hydrogen-bond acceptors (Lipinski definition) is 3. The van der Waals surface area contributed by atoms with Gasteiger partial charge in [0.1, 0.15) is 11.3 Å². The zero-order valence-electron chi connectivity index (χ0n) is 11.1. The van der Waals surface area contributed by atoms with E-state index in [1.807, 2.05) is 23.9 Å². The van der Waals surface area contributed by atoms with Crippen LogP contribution in [0.15, 0.2) is 51.8 Å². The van der Waals surface area contributed by atoms with Gasteiger partial charge in [0.15, 0.2) is 0 Å². The number of halogens is 1. The lowest BCUT2D eigenvalue weighted by atomic mass is 10.0. The second-order valence-electron chi connectivity index (χ2n) is 4.80. The normalized spacial score (nSPS) is 16.5. The van der Waals surface area contributed by atoms with Crippen molar-refractivity contribution in [1.82, 2.24) is 0 Å². The summed E-state index contributed by atoms with van der Waals surface area (Å²) in [6.07, 6.45) is 0. The number of thioether (sulfide) groups is 1. The molecule has 3 nitrogen and oxygen atoms in total. The minimum atomic E-state index is -0.973. The highest BCUT2D eigenvalue weighted by Gasteiger charge is 2.24. The quantitative estimate of drug-likeness (QED) is 0.872. The molecule has 0 saturated carbocycles. The summed E-state index contributed by atoms with van der Waals surface area (Å²) in [7, 11) is 0. The average Bonchev–Trinajstić information content (AvgIpc) is 2.88. The Morgan fingerprint density at radius 2 is 2.14 bits per heavy atom. The summed E-state index contributed by atoms with van der Waals surface area (Å²) in [5, 5.41) is 9.21. The van der Waals surface area contributed by atoms with E-state index in [9.17, 15) is 9.90 Å². The molecule has 1 atom stereocenters. The third-order valence-corrected chi connectivity index (χ3v) is 5.16. The molecule has 108 valence electrons. The maximum Gasteiger partial charge on any atom is 0.339 e. The second kappa shape index (κ2) is 6.12. The highest BCUT2D eigenvalue weighted by molar-refractivity contribution is 9.10. The summed E-state index contributed by atoms with van der Waals surface area (Å²) in [6.45, 7) is 0.487. The van der Waals surface area contributed by atoms with Crippen LogP contribution in [0.4, 0.5) is 0 Å². The van der Waals surface area contributed by atoms with Crippen molar-refractivity contribution in [2.45, 2.75) is 10.8 Å². The summed E-state index contributed by atoms with van der Waals surface area (Å²) in [6, 6.07) is 13.3. The molecular formula is C16H13BrO3S. The Morgan fingerprint density at radius 1 is 1.33 bits per heavy atom. The fraction of sp³-hybridized carbons (Fsp3) is 0.188. The van der Waals surface area contributed by atoms with Gasteiger partial charge in [-0.3, -0.25) is 0 Å². The van der Waals surface area contributed by atoms with Crippen LogP contribution in [0.1, 0.15) is 21.8 Å². The number of carboxylic acid groups (broad SMARTS) is 1. The van der Waals surface area contributed by atoms with Crippen LogP contribution in [0, 0.1) is 0 Å². The SMILES string of the molecule is O=C(O)c1ccc(Br)cc1OCC1CSc2ccccc21. The zero-order chi connectivity index (χ0) is 14.8. The van der Waals surface area contributed by atoms with Gasteiger partial charge in [0, 0.05) is 21.0 Å². The fourth-order valence-electron chi connectivity index (χ4n) is 2.35. The predicted octanol–water partition coefficient (Wildman–Crippen LogP) is 4.42. The summed E-state index contributed by atoms with van der Waals surface area (Å²) in [4.78, 5) is 12.5. The minimum absolute atomic E-state index is 0.192. The number of hydrogen-bond donors (Lipinski definition) is 1. The lowest BCUT2D eigenvalue weighted by Gasteiger charge is -2.14. The predicted molar refractivity (Wildman–Crippen MR) is 86.5 cm³/mol. The van der Waals surface area contributed by atoms with Gasteiger partial charge in [-0.1, -0.05) is 34.1 Å². The van der Waals surface area contributed by atoms with Crippen LogP contribution in [0.25, 0.3) is 0 Å². The Labute approximate surface area is 135 Å². The van der Waals surface area contributed by atoms with Crippen molar-refractivity contribution in [1.29, 1.82) is 0 Å². The molecule has 2 aromatic rings. The summed E-state index contributed by atoms with van der Waals surface area (Å²) < 4.78 is 6.60. The van der Waals surface area contributed by atoms with Gasteiger partial charge >= 0.3 is 5.97 Å². The van der Waals surface area contributed by atoms with Gasteiger partial charge in [-0.05, 0) is 29.8 Å². The maximum absolute atomic E-state index is 11.2. The van der Waals surface area contributed by atoms with Crippen LogP contribution in [-0.4, -0.2) is 23.4 Å². The smallest absolute Gasteiger partial charge is 0.339 e. The Bertz CT molecular complexity index is 687. The minimum Gasteiger partial charge on any atom is -0.492 e. The zero-order valence-corrected chi connectivity index (χ0v) is 13.5. The highest BCUT2D eigenvalue weighted by Crippen LogP contribution is 2.39. The number of fused-ring (bicyclic) bond motifs is 1. The van der Waals surface area contributed by atoms with E-state index in [2.05, 4.69) is 28.1 Å². The molecule has 1 unspecified atom stereocenters. The molecule has 1 N–H and O–H groups in total. The molecular weight excluding hydrogens is 352 g/mol. The fourth-order valence-corrected chi connectivity index (χ4v) is 3.92. The Kier molecular flexibility index (Phi) is 4.22. The van der Waals surface area contributed by atoms with Gasteiger partial charge < -0.3 is 9.84 Å². The van der Waals surface area contributed by atoms with Gasteiger partial charge in [0.25, 0.3) is 0 Å². The largest absolute Gasteiger partial charge is 0.492 e. The topological polar surface area (TPSA) is 46.5 Å². The number of carbonyl (C=O) groups is 1. The van der Waals surface area contributed by atoms with Crippen LogP contribution in [0.3, 0.4) is 0 Å². The first-order valence-corrected chi connectivity index (χ1v) is 8.30. The molecule has 0 radical (unpaired) electrons. The van der Waals surface area contributed by atoms with Crippen molar-refractivity contribution in [3.63, 3.8) is 0 Å². The van der Waals surface area contributed by atoms with E-state index in [4.69, 9.17) is 4.74 Å². The van der Waals surface area contributed by atoms with Crippen LogP contribution < -0.4 is 4.74 Å². The second-order valence-corrected chi connectivity index (χ2v) is 6.78. The van der Waals surface area contributed by atoms with E-state index < -0.39 is 5.97 Å². The monoisotopic (exact) mass is 364 g/mol. The van der Waals surface area contributed by atoms with E-state index in [1.54, 1.807) is 18.2 Å². The van der Waals surface area contributed by atoms with Crippen molar-refractivity contribution in [2.75, 3.05) is 12.4 Å². The molecule has 0 spiro atoms. The first-order valence-electron chi connectivity index (χ1n) is 6.52.